The molecule has 0 spiro atoms. The molecule has 0 fully saturated rings. The van der Waals surface area contributed by atoms with Crippen molar-refractivity contribution >= 4 is 85.1 Å². The predicted octanol–water partition coefficient (Wildman–Crippen LogP) is 0.934. The Hall–Kier alpha value is -0.470. The Kier molecular flexibility index (Phi) is 14.5. The maximum absolute atomic E-state index is 12.5. The molecule has 0 atom stereocenters. The van der Waals surface area contributed by atoms with Crippen LogP contribution in [0, 0.1) is 0 Å². The molecule has 0 aliphatic heterocycles. The molecule has 2 aromatic carbocycles. The Morgan fingerprint density at radius 2 is 0.969 bits per heavy atom. The van der Waals surface area contributed by atoms with Gasteiger partial charge in [0.15, 0.2) is 5.78 Å². The summed E-state index contributed by atoms with van der Waals surface area (Å²) in [4.78, 5) is 12.5. The van der Waals surface area contributed by atoms with E-state index >= 15 is 0 Å². The molecule has 0 radical (unpaired) electrons. The summed E-state index contributed by atoms with van der Waals surface area (Å²) in [7, 11) is -8.02. The van der Waals surface area contributed by atoms with Gasteiger partial charge in [-0.2, -0.15) is 16.8 Å². The number of rotatable bonds is 12. The molecule has 32 heavy (non-hydrogen) atoms. The van der Waals surface area contributed by atoms with Crippen molar-refractivity contribution in [2.24, 2.45) is 0 Å². The first-order valence-corrected chi connectivity index (χ1v) is 12.2. The molecule has 9 nitrogen and oxygen atoms in total. The third-order valence-corrected chi connectivity index (χ3v) is 5.47. The van der Waals surface area contributed by atoms with E-state index in [0.29, 0.717) is 22.6 Å². The maximum atomic E-state index is 12.5. The van der Waals surface area contributed by atoms with E-state index in [9.17, 15) is 21.6 Å². The van der Waals surface area contributed by atoms with E-state index in [4.69, 9.17) is 18.6 Å². The average molecular weight is 507 g/mol. The fourth-order valence-electron chi connectivity index (χ4n) is 2.43. The van der Waals surface area contributed by atoms with Gasteiger partial charge in [0.1, 0.15) is 11.5 Å². The molecule has 0 bridgehead atoms. The molecular formula is C19H24Na2O9S2. The first kappa shape index (κ1) is 31.5. The molecule has 2 aromatic rings. The summed E-state index contributed by atoms with van der Waals surface area (Å²) in [5.74, 6) is -0.0509. The van der Waals surface area contributed by atoms with E-state index in [1.54, 1.807) is 48.5 Å². The molecule has 0 unspecified atom stereocenters. The standard InChI is InChI=1S/C19H22O9S2.2Na.2H/c20-19(15-3-7-17(8-4-15)27-11-1-13-29(21,22)23)16-5-9-18(10-6-16)28-12-2-14-30(24,25)26;;;;/h3-10H,1-2,11-14H2,(H,21,22,23)(H,24,25,26);;;;. The van der Waals surface area contributed by atoms with Crippen molar-refractivity contribution in [3.05, 3.63) is 59.7 Å². The van der Waals surface area contributed by atoms with Crippen molar-refractivity contribution in [1.29, 1.82) is 0 Å². The van der Waals surface area contributed by atoms with Crippen LogP contribution in [0.3, 0.4) is 0 Å². The monoisotopic (exact) mass is 506 g/mol. The number of ketones is 1. The van der Waals surface area contributed by atoms with Crippen molar-refractivity contribution in [1.82, 2.24) is 0 Å². The van der Waals surface area contributed by atoms with E-state index in [-0.39, 0.29) is 102 Å². The molecule has 0 amide bonds. The quantitative estimate of drug-likeness (QED) is 0.186. The summed E-state index contributed by atoms with van der Waals surface area (Å²) in [5.41, 5.74) is 0.865. The van der Waals surface area contributed by atoms with Gasteiger partial charge in [-0.15, -0.1) is 0 Å². The molecular weight excluding hydrogens is 482 g/mol. The van der Waals surface area contributed by atoms with Gasteiger partial charge in [0.25, 0.3) is 20.2 Å². The molecule has 0 aliphatic carbocycles. The van der Waals surface area contributed by atoms with Crippen LogP contribution in [0.5, 0.6) is 11.5 Å². The van der Waals surface area contributed by atoms with Crippen molar-refractivity contribution in [2.75, 3.05) is 24.7 Å². The Bertz CT molecular complexity index is 967. The van der Waals surface area contributed by atoms with Crippen LogP contribution >= 0.6 is 0 Å². The van der Waals surface area contributed by atoms with Gasteiger partial charge in [-0.25, -0.2) is 0 Å². The van der Waals surface area contributed by atoms with Crippen LogP contribution in [-0.2, 0) is 20.2 Å². The second-order valence-corrected chi connectivity index (χ2v) is 9.50. The second-order valence-electron chi connectivity index (χ2n) is 6.35. The number of ether oxygens (including phenoxy) is 2. The van der Waals surface area contributed by atoms with Crippen molar-refractivity contribution < 1.29 is 40.2 Å². The fourth-order valence-corrected chi connectivity index (χ4v) is 3.40. The van der Waals surface area contributed by atoms with E-state index in [1.165, 1.54) is 0 Å². The van der Waals surface area contributed by atoms with Crippen LogP contribution < -0.4 is 9.47 Å². The second kappa shape index (κ2) is 14.7. The van der Waals surface area contributed by atoms with Gasteiger partial charge in [-0.1, -0.05) is 0 Å². The number of carbonyl (C=O) groups excluding carboxylic acids is 1. The molecule has 0 saturated carbocycles. The molecule has 0 aromatic heterocycles. The van der Waals surface area contributed by atoms with Crippen LogP contribution in [0.25, 0.3) is 0 Å². The molecule has 0 heterocycles. The zero-order valence-electron chi connectivity index (χ0n) is 15.9. The molecule has 13 heteroatoms. The summed E-state index contributed by atoms with van der Waals surface area (Å²) in [5, 5.41) is 0. The summed E-state index contributed by atoms with van der Waals surface area (Å²) in [6.45, 7) is 0.220. The van der Waals surface area contributed by atoms with E-state index < -0.39 is 20.2 Å². The molecule has 0 aliphatic rings. The molecule has 0 saturated heterocycles. The number of benzene rings is 2. The fraction of sp³-hybridized carbons (Fsp3) is 0.316. The number of hydrogen-bond donors (Lipinski definition) is 2. The van der Waals surface area contributed by atoms with E-state index in [2.05, 4.69) is 0 Å². The summed E-state index contributed by atoms with van der Waals surface area (Å²) >= 11 is 0. The Balaban J connectivity index is 0.00000480. The van der Waals surface area contributed by atoms with Crippen molar-refractivity contribution in [3.63, 3.8) is 0 Å². The zero-order valence-corrected chi connectivity index (χ0v) is 17.6. The van der Waals surface area contributed by atoms with Crippen molar-refractivity contribution in [2.45, 2.75) is 12.8 Å². The number of carbonyl (C=O) groups is 1. The average Bonchev–Trinajstić information content (AvgIpc) is 2.68. The van der Waals surface area contributed by atoms with Gasteiger partial charge in [0.2, 0.25) is 0 Å². The van der Waals surface area contributed by atoms with Crippen molar-refractivity contribution in [3.8, 4) is 11.5 Å². The Labute approximate surface area is 232 Å². The Morgan fingerprint density at radius 1 is 0.656 bits per heavy atom. The van der Waals surface area contributed by atoms with Gasteiger partial charge in [0, 0.05) is 11.1 Å². The Morgan fingerprint density at radius 3 is 1.25 bits per heavy atom. The van der Waals surface area contributed by atoms with Crippen LogP contribution in [-0.4, -0.2) is 116 Å². The van der Waals surface area contributed by atoms with Crippen LogP contribution in [0.4, 0.5) is 0 Å². The third kappa shape index (κ3) is 12.7. The molecule has 168 valence electrons. The van der Waals surface area contributed by atoms with Crippen LogP contribution in [0.1, 0.15) is 28.8 Å². The van der Waals surface area contributed by atoms with Crippen LogP contribution in [0.15, 0.2) is 48.5 Å². The minimum atomic E-state index is -4.01. The summed E-state index contributed by atoms with van der Waals surface area (Å²) < 4.78 is 70.6. The molecule has 2 rings (SSSR count). The number of hydrogen-bond acceptors (Lipinski definition) is 7. The van der Waals surface area contributed by atoms with Gasteiger partial charge in [0.05, 0.1) is 24.7 Å². The first-order valence-electron chi connectivity index (χ1n) is 8.94. The normalized spacial score (nSPS) is 11.1. The van der Waals surface area contributed by atoms with E-state index in [0.717, 1.165) is 0 Å². The topological polar surface area (TPSA) is 144 Å². The predicted molar refractivity (Wildman–Crippen MR) is 124 cm³/mol. The van der Waals surface area contributed by atoms with Crippen LogP contribution in [0.2, 0.25) is 0 Å². The summed E-state index contributed by atoms with van der Waals surface area (Å²) in [6, 6.07) is 12.7. The van der Waals surface area contributed by atoms with E-state index in [1.807, 2.05) is 0 Å². The SMILES string of the molecule is O=C(c1ccc(OCCCS(=O)(=O)O)cc1)c1ccc(OCCCS(=O)(=O)O)cc1.[NaH].[NaH]. The molecule has 2 N–H and O–H groups in total. The third-order valence-electron chi connectivity index (χ3n) is 3.86. The first-order chi connectivity index (χ1) is 14.0. The zero-order chi connectivity index (χ0) is 22.2. The van der Waals surface area contributed by atoms with Gasteiger partial charge in [-0.3, -0.25) is 13.9 Å². The van der Waals surface area contributed by atoms with Gasteiger partial charge < -0.3 is 9.47 Å². The summed E-state index contributed by atoms with van der Waals surface area (Å²) in [6.07, 6.45) is 0.285. The minimum absolute atomic E-state index is 0. The van der Waals surface area contributed by atoms with Gasteiger partial charge >= 0.3 is 59.1 Å². The van der Waals surface area contributed by atoms with Gasteiger partial charge in [-0.05, 0) is 61.4 Å².